The lowest BCUT2D eigenvalue weighted by atomic mass is 9.96. The number of rotatable bonds is 3. The Morgan fingerprint density at radius 1 is 1.12 bits per heavy atom. The Bertz CT molecular complexity index is 468. The van der Waals surface area contributed by atoms with Crippen molar-refractivity contribution in [3.8, 4) is 0 Å². The van der Waals surface area contributed by atoms with Crippen LogP contribution in [0.3, 0.4) is 0 Å². The van der Waals surface area contributed by atoms with Crippen molar-refractivity contribution < 1.29 is 19.8 Å². The van der Waals surface area contributed by atoms with E-state index < -0.39 is 17.5 Å². The molecule has 1 N–H and O–H groups in total. The van der Waals surface area contributed by atoms with Crippen LogP contribution in [0.2, 0.25) is 0 Å². The minimum Gasteiger partial charge on any atom is -0.875 e. The number of aromatic carboxylic acids is 1. The molecule has 1 aromatic rings. The molecule has 0 aliphatic carbocycles. The molecule has 0 aromatic heterocycles. The number of carbonyl (C=O) groups excluding carboxylic acids is 1. The number of hydrogen-bond donors (Lipinski definition) is 1. The minimum atomic E-state index is -1.16. The summed E-state index contributed by atoms with van der Waals surface area (Å²) >= 11 is 0. The summed E-state index contributed by atoms with van der Waals surface area (Å²) in [6.45, 7) is 2.49. The van der Waals surface area contributed by atoms with Gasteiger partial charge in [-0.15, -0.1) is 5.76 Å². The van der Waals surface area contributed by atoms with E-state index in [0.29, 0.717) is 0 Å². The first-order chi connectivity index (χ1) is 7.45. The quantitative estimate of drug-likeness (QED) is 0.609. The second-order valence-corrected chi connectivity index (χ2v) is 3.34. The Morgan fingerprint density at radius 2 is 1.62 bits per heavy atom. The molecule has 0 aliphatic rings. The van der Waals surface area contributed by atoms with E-state index in [2.05, 4.69) is 0 Å². The SMILES string of the molecule is CC(=O)/C(=C(\C)[O-])c1ccccc1C(=O)O. The van der Waals surface area contributed by atoms with Crippen molar-refractivity contribution in [2.75, 3.05) is 0 Å². The third-order valence-electron chi connectivity index (χ3n) is 2.13. The van der Waals surface area contributed by atoms with Gasteiger partial charge in [0.05, 0.1) is 5.56 Å². The van der Waals surface area contributed by atoms with Crippen LogP contribution in [0.15, 0.2) is 30.0 Å². The van der Waals surface area contributed by atoms with Crippen LogP contribution in [0.5, 0.6) is 0 Å². The van der Waals surface area contributed by atoms with Crippen LogP contribution in [-0.4, -0.2) is 16.9 Å². The molecule has 0 heterocycles. The highest BCUT2D eigenvalue weighted by Crippen LogP contribution is 2.21. The molecule has 0 aliphatic heterocycles. The summed E-state index contributed by atoms with van der Waals surface area (Å²) in [5.74, 6) is -2.02. The molecule has 0 unspecified atom stereocenters. The first-order valence-corrected chi connectivity index (χ1v) is 4.66. The lowest BCUT2D eigenvalue weighted by Crippen LogP contribution is -2.12. The van der Waals surface area contributed by atoms with Crippen LogP contribution >= 0.6 is 0 Å². The van der Waals surface area contributed by atoms with Crippen LogP contribution in [0, 0.1) is 0 Å². The second kappa shape index (κ2) is 4.61. The molecule has 0 radical (unpaired) electrons. The summed E-state index contributed by atoms with van der Waals surface area (Å²) in [6, 6.07) is 5.96. The van der Waals surface area contributed by atoms with Crippen molar-refractivity contribution in [2.45, 2.75) is 13.8 Å². The lowest BCUT2D eigenvalue weighted by molar-refractivity contribution is -0.300. The average molecular weight is 219 g/mol. The number of Topliss-reactive ketones (excluding diaryl/α,β-unsaturated/α-hetero) is 1. The average Bonchev–Trinajstić information content (AvgIpc) is 2.17. The highest BCUT2D eigenvalue weighted by atomic mass is 16.4. The summed E-state index contributed by atoms with van der Waals surface area (Å²) in [5, 5.41) is 20.3. The van der Waals surface area contributed by atoms with E-state index in [1.54, 1.807) is 12.1 Å². The van der Waals surface area contributed by atoms with Crippen molar-refractivity contribution in [3.63, 3.8) is 0 Å². The highest BCUT2D eigenvalue weighted by molar-refractivity contribution is 6.21. The molecule has 84 valence electrons. The van der Waals surface area contributed by atoms with Gasteiger partial charge in [0.2, 0.25) is 0 Å². The molecule has 16 heavy (non-hydrogen) atoms. The number of carboxylic acid groups (broad SMARTS) is 1. The molecule has 4 heteroatoms. The number of carbonyl (C=O) groups is 2. The standard InChI is InChI=1S/C12H12O4/c1-7(13)11(8(2)14)9-5-3-4-6-10(9)12(15)16/h3-6,13H,1-2H3,(H,15,16)/p-1/b11-7-. The van der Waals surface area contributed by atoms with Crippen LogP contribution < -0.4 is 5.11 Å². The molecule has 0 atom stereocenters. The van der Waals surface area contributed by atoms with Crippen LogP contribution in [0.25, 0.3) is 5.57 Å². The van der Waals surface area contributed by atoms with Gasteiger partial charge >= 0.3 is 5.97 Å². The van der Waals surface area contributed by atoms with Gasteiger partial charge in [-0.3, -0.25) is 4.79 Å². The van der Waals surface area contributed by atoms with E-state index >= 15 is 0 Å². The van der Waals surface area contributed by atoms with Gasteiger partial charge in [-0.1, -0.05) is 25.1 Å². The first-order valence-electron chi connectivity index (χ1n) is 4.66. The zero-order chi connectivity index (χ0) is 12.3. The fraction of sp³-hybridized carbons (Fsp3) is 0.167. The Morgan fingerprint density at radius 3 is 2.00 bits per heavy atom. The molecule has 0 spiro atoms. The second-order valence-electron chi connectivity index (χ2n) is 3.34. The van der Waals surface area contributed by atoms with E-state index in [4.69, 9.17) is 5.11 Å². The Kier molecular flexibility index (Phi) is 3.45. The number of hydrogen-bond acceptors (Lipinski definition) is 3. The Labute approximate surface area is 92.8 Å². The maximum atomic E-state index is 11.3. The smallest absolute Gasteiger partial charge is 0.336 e. The van der Waals surface area contributed by atoms with Crippen LogP contribution in [-0.2, 0) is 4.79 Å². The van der Waals surface area contributed by atoms with Gasteiger partial charge < -0.3 is 10.2 Å². The fourth-order valence-electron chi connectivity index (χ4n) is 1.51. The molecule has 1 aromatic carbocycles. The van der Waals surface area contributed by atoms with Crippen molar-refractivity contribution in [3.05, 3.63) is 41.2 Å². The molecule has 1 rings (SSSR count). The molecule has 0 amide bonds. The molecule has 0 saturated heterocycles. The van der Waals surface area contributed by atoms with E-state index in [9.17, 15) is 14.7 Å². The van der Waals surface area contributed by atoms with E-state index in [-0.39, 0.29) is 16.7 Å². The number of carboxylic acids is 1. The number of benzene rings is 1. The van der Waals surface area contributed by atoms with Crippen LogP contribution in [0.4, 0.5) is 0 Å². The zero-order valence-electron chi connectivity index (χ0n) is 8.98. The third kappa shape index (κ3) is 2.28. The van der Waals surface area contributed by atoms with E-state index in [1.165, 1.54) is 26.0 Å². The molecule has 4 nitrogen and oxygen atoms in total. The number of ketones is 1. The maximum absolute atomic E-state index is 11.3. The van der Waals surface area contributed by atoms with Crippen molar-refractivity contribution in [2.24, 2.45) is 0 Å². The minimum absolute atomic E-state index is 0.0390. The van der Waals surface area contributed by atoms with Gasteiger partial charge in [-0.25, -0.2) is 4.79 Å². The predicted octanol–water partition coefficient (Wildman–Crippen LogP) is 1.07. The van der Waals surface area contributed by atoms with Gasteiger partial charge in [0.1, 0.15) is 0 Å². The molecular weight excluding hydrogens is 208 g/mol. The van der Waals surface area contributed by atoms with E-state index in [0.717, 1.165) is 0 Å². The van der Waals surface area contributed by atoms with Crippen LogP contribution in [0.1, 0.15) is 29.8 Å². The van der Waals surface area contributed by atoms with Gasteiger partial charge in [-0.2, -0.15) is 0 Å². The topological polar surface area (TPSA) is 77.4 Å². The Balaban J connectivity index is 3.49. The van der Waals surface area contributed by atoms with E-state index in [1.807, 2.05) is 0 Å². The third-order valence-corrected chi connectivity index (χ3v) is 2.13. The predicted molar refractivity (Wildman–Crippen MR) is 56.7 cm³/mol. The van der Waals surface area contributed by atoms with Crippen molar-refractivity contribution >= 4 is 17.3 Å². The van der Waals surface area contributed by atoms with Crippen molar-refractivity contribution in [1.29, 1.82) is 0 Å². The maximum Gasteiger partial charge on any atom is 0.336 e. The summed E-state index contributed by atoms with van der Waals surface area (Å²) in [4.78, 5) is 22.2. The molecule has 0 saturated carbocycles. The summed E-state index contributed by atoms with van der Waals surface area (Å²) < 4.78 is 0. The van der Waals surface area contributed by atoms with Gasteiger partial charge in [0.25, 0.3) is 0 Å². The fourth-order valence-corrected chi connectivity index (χ4v) is 1.51. The van der Waals surface area contributed by atoms with Gasteiger partial charge in [0, 0.05) is 5.57 Å². The Hall–Kier alpha value is -2.10. The molecule has 0 bridgehead atoms. The summed E-state index contributed by atoms with van der Waals surface area (Å²) in [6.07, 6.45) is 0. The van der Waals surface area contributed by atoms with Gasteiger partial charge in [-0.05, 0) is 18.6 Å². The summed E-state index contributed by atoms with van der Waals surface area (Å²) in [7, 11) is 0. The normalized spacial score (nSPS) is 11.9. The lowest BCUT2D eigenvalue weighted by Gasteiger charge is -2.15. The number of allylic oxidation sites excluding steroid dienone is 2. The first kappa shape index (κ1) is 12.0. The monoisotopic (exact) mass is 219 g/mol. The zero-order valence-corrected chi connectivity index (χ0v) is 8.98. The summed E-state index contributed by atoms with van der Waals surface area (Å²) in [5.41, 5.74) is 0.0656. The van der Waals surface area contributed by atoms with Crippen molar-refractivity contribution in [1.82, 2.24) is 0 Å². The molecule has 0 fully saturated rings. The highest BCUT2D eigenvalue weighted by Gasteiger charge is 2.15. The largest absolute Gasteiger partial charge is 0.875 e. The molecular formula is C12H11O4-. The van der Waals surface area contributed by atoms with Gasteiger partial charge in [0.15, 0.2) is 5.78 Å².